The van der Waals surface area contributed by atoms with Crippen molar-refractivity contribution < 1.29 is 4.52 Å². The summed E-state index contributed by atoms with van der Waals surface area (Å²) in [7, 11) is 1.80. The number of rotatable bonds is 7. The minimum atomic E-state index is 0. The average Bonchev–Trinajstić information content (AvgIpc) is 3.22. The molecule has 7 nitrogen and oxygen atoms in total. The van der Waals surface area contributed by atoms with Gasteiger partial charge in [0.25, 0.3) is 0 Å². The number of pyridine rings is 1. The van der Waals surface area contributed by atoms with Crippen LogP contribution in [0.5, 0.6) is 0 Å². The second kappa shape index (κ2) is 12.0. The zero-order valence-electron chi connectivity index (χ0n) is 17.6. The molecule has 29 heavy (non-hydrogen) atoms. The van der Waals surface area contributed by atoms with E-state index in [2.05, 4.69) is 56.6 Å². The Morgan fingerprint density at radius 3 is 2.66 bits per heavy atom. The van der Waals surface area contributed by atoms with Crippen molar-refractivity contribution in [1.82, 2.24) is 20.8 Å². The Hall–Kier alpha value is -1.84. The number of aliphatic imine (C=N–C) groups is 1. The van der Waals surface area contributed by atoms with Crippen molar-refractivity contribution in [3.63, 3.8) is 0 Å². The van der Waals surface area contributed by atoms with Crippen LogP contribution < -0.4 is 15.5 Å². The van der Waals surface area contributed by atoms with Crippen molar-refractivity contribution in [2.75, 3.05) is 25.0 Å². The number of piperidine rings is 1. The van der Waals surface area contributed by atoms with Gasteiger partial charge in [-0.25, -0.2) is 4.98 Å². The minimum Gasteiger partial charge on any atom is -0.359 e. The minimum absolute atomic E-state index is 0. The molecule has 2 N–H and O–H groups in total. The van der Waals surface area contributed by atoms with Crippen LogP contribution in [0.4, 0.5) is 5.82 Å². The highest BCUT2D eigenvalue weighted by Gasteiger charge is 2.21. The summed E-state index contributed by atoms with van der Waals surface area (Å²) < 4.78 is 5.49. The molecule has 1 saturated heterocycles. The number of anilines is 1. The van der Waals surface area contributed by atoms with Gasteiger partial charge in [-0.3, -0.25) is 4.99 Å². The van der Waals surface area contributed by atoms with Crippen LogP contribution in [0.25, 0.3) is 0 Å². The van der Waals surface area contributed by atoms with Gasteiger partial charge < -0.3 is 20.1 Å². The Morgan fingerprint density at radius 1 is 1.28 bits per heavy atom. The molecule has 0 aromatic carbocycles. The number of aromatic nitrogens is 2. The predicted molar refractivity (Wildman–Crippen MR) is 128 cm³/mol. The second-order valence-corrected chi connectivity index (χ2v) is 7.25. The van der Waals surface area contributed by atoms with Crippen molar-refractivity contribution in [3.05, 3.63) is 41.9 Å². The van der Waals surface area contributed by atoms with Gasteiger partial charge in [-0.1, -0.05) is 25.1 Å². The molecule has 2 aromatic heterocycles. The molecule has 0 aliphatic carbocycles. The van der Waals surface area contributed by atoms with Crippen molar-refractivity contribution in [1.29, 1.82) is 0 Å². The Bertz CT molecular complexity index is 739. The molecule has 0 radical (unpaired) electrons. The summed E-state index contributed by atoms with van der Waals surface area (Å²) in [4.78, 5) is 11.1. The first-order valence-electron chi connectivity index (χ1n) is 10.3. The molecule has 0 spiro atoms. The molecular weight excluding hydrogens is 479 g/mol. The van der Waals surface area contributed by atoms with Gasteiger partial charge in [-0.2, -0.15) is 0 Å². The van der Waals surface area contributed by atoms with Crippen molar-refractivity contribution in [2.24, 2.45) is 4.99 Å². The monoisotopic (exact) mass is 512 g/mol. The molecule has 1 fully saturated rings. The highest BCUT2D eigenvalue weighted by atomic mass is 127. The normalized spacial score (nSPS) is 15.3. The van der Waals surface area contributed by atoms with Crippen LogP contribution in [-0.4, -0.2) is 42.3 Å². The summed E-state index contributed by atoms with van der Waals surface area (Å²) in [5, 5.41) is 11.1. The Labute approximate surface area is 190 Å². The fourth-order valence-electron chi connectivity index (χ4n) is 3.66. The first-order valence-corrected chi connectivity index (χ1v) is 10.3. The number of guanidine groups is 1. The van der Waals surface area contributed by atoms with Crippen LogP contribution in [0.15, 0.2) is 40.0 Å². The van der Waals surface area contributed by atoms with E-state index in [4.69, 9.17) is 4.52 Å². The molecule has 8 heteroatoms. The summed E-state index contributed by atoms with van der Waals surface area (Å²) in [5.41, 5.74) is 1.05. The summed E-state index contributed by atoms with van der Waals surface area (Å²) >= 11 is 0. The fraction of sp³-hybridized carbons (Fsp3) is 0.571. The molecular formula is C21H33IN6O. The van der Waals surface area contributed by atoms with Gasteiger partial charge in [0.1, 0.15) is 5.82 Å². The zero-order chi connectivity index (χ0) is 19.8. The van der Waals surface area contributed by atoms with Gasteiger partial charge in [0.2, 0.25) is 0 Å². The lowest BCUT2D eigenvalue weighted by Crippen LogP contribution is -2.48. The first-order chi connectivity index (χ1) is 13.7. The molecule has 0 unspecified atom stereocenters. The quantitative estimate of drug-likeness (QED) is 0.333. The van der Waals surface area contributed by atoms with E-state index in [-0.39, 0.29) is 24.0 Å². The highest BCUT2D eigenvalue weighted by molar-refractivity contribution is 14.0. The number of hydrogen-bond donors (Lipinski definition) is 2. The third-order valence-electron chi connectivity index (χ3n) is 5.44. The number of nitrogens with zero attached hydrogens (tertiary/aromatic N) is 4. The van der Waals surface area contributed by atoms with E-state index in [0.29, 0.717) is 18.5 Å². The smallest absolute Gasteiger partial charge is 0.191 e. The van der Waals surface area contributed by atoms with Gasteiger partial charge >= 0.3 is 0 Å². The van der Waals surface area contributed by atoms with Gasteiger partial charge in [-0.15, -0.1) is 24.0 Å². The van der Waals surface area contributed by atoms with Crippen LogP contribution in [-0.2, 0) is 6.54 Å². The summed E-state index contributed by atoms with van der Waals surface area (Å²) in [5.74, 6) is 3.17. The number of hydrogen-bond acceptors (Lipinski definition) is 5. The number of nitrogens with one attached hydrogen (secondary N) is 2. The lowest BCUT2D eigenvalue weighted by molar-refractivity contribution is 0.367. The van der Waals surface area contributed by atoms with Crippen molar-refractivity contribution >= 4 is 35.8 Å². The maximum Gasteiger partial charge on any atom is 0.191 e. The van der Waals surface area contributed by atoms with E-state index in [0.717, 1.165) is 62.0 Å². The molecule has 0 amide bonds. The fourth-order valence-corrected chi connectivity index (χ4v) is 3.66. The van der Waals surface area contributed by atoms with Crippen LogP contribution in [0.1, 0.15) is 56.9 Å². The summed E-state index contributed by atoms with van der Waals surface area (Å²) in [6, 6.07) is 8.53. The van der Waals surface area contributed by atoms with Crippen LogP contribution >= 0.6 is 24.0 Å². The van der Waals surface area contributed by atoms with Gasteiger partial charge in [0.05, 0.1) is 12.2 Å². The Kier molecular flexibility index (Phi) is 9.69. The lowest BCUT2D eigenvalue weighted by atomic mass is 9.99. The average molecular weight is 512 g/mol. The summed E-state index contributed by atoms with van der Waals surface area (Å²) in [6.45, 7) is 6.94. The van der Waals surface area contributed by atoms with E-state index in [1.54, 1.807) is 7.05 Å². The summed E-state index contributed by atoms with van der Waals surface area (Å²) in [6.07, 6.45) is 6.12. The Balaban J connectivity index is 0.00000300. The van der Waals surface area contributed by atoms with Crippen molar-refractivity contribution in [3.8, 4) is 0 Å². The first kappa shape index (κ1) is 23.4. The maximum atomic E-state index is 5.49. The van der Waals surface area contributed by atoms with Gasteiger partial charge in [0, 0.05) is 44.4 Å². The highest BCUT2D eigenvalue weighted by Crippen LogP contribution is 2.22. The topological polar surface area (TPSA) is 78.6 Å². The molecule has 0 atom stereocenters. The van der Waals surface area contributed by atoms with E-state index in [1.165, 1.54) is 0 Å². The van der Waals surface area contributed by atoms with Crippen LogP contribution in [0, 0.1) is 0 Å². The predicted octanol–water partition coefficient (Wildman–Crippen LogP) is 3.93. The second-order valence-electron chi connectivity index (χ2n) is 7.25. The van der Waals surface area contributed by atoms with Crippen LogP contribution in [0.2, 0.25) is 0 Å². The SMILES string of the molecule is CCC(CC)c1cc(CNC(=NC)NC2CCN(c3ccccn3)CC2)on1.I. The van der Waals surface area contributed by atoms with Crippen LogP contribution in [0.3, 0.4) is 0 Å². The van der Waals surface area contributed by atoms with E-state index in [1.807, 2.05) is 18.3 Å². The third-order valence-corrected chi connectivity index (χ3v) is 5.44. The van der Waals surface area contributed by atoms with Gasteiger partial charge in [0.15, 0.2) is 11.7 Å². The van der Waals surface area contributed by atoms with Crippen molar-refractivity contribution in [2.45, 2.75) is 58.0 Å². The molecule has 2 aromatic rings. The molecule has 160 valence electrons. The maximum absolute atomic E-state index is 5.49. The standard InChI is InChI=1S/C21H32N6O.HI/c1-4-16(5-2)19-14-18(28-26-19)15-24-21(22-3)25-17-9-12-27(13-10-17)20-8-6-7-11-23-20;/h6-8,11,14,16-17H,4-5,9-10,12-13,15H2,1-3H3,(H2,22,24,25);1H. The zero-order valence-corrected chi connectivity index (χ0v) is 19.9. The largest absolute Gasteiger partial charge is 0.359 e. The van der Waals surface area contributed by atoms with E-state index >= 15 is 0 Å². The van der Waals surface area contributed by atoms with Gasteiger partial charge in [-0.05, 0) is 37.8 Å². The Morgan fingerprint density at radius 2 is 2.03 bits per heavy atom. The van der Waals surface area contributed by atoms with E-state index < -0.39 is 0 Å². The molecule has 0 saturated carbocycles. The molecule has 0 bridgehead atoms. The third kappa shape index (κ3) is 6.58. The lowest BCUT2D eigenvalue weighted by Gasteiger charge is -2.33. The molecule has 3 heterocycles. The van der Waals surface area contributed by atoms with E-state index in [9.17, 15) is 0 Å². The molecule has 1 aliphatic rings. The number of halogens is 1. The molecule has 1 aliphatic heterocycles. The molecule has 3 rings (SSSR count).